The Morgan fingerprint density at radius 1 is 1.30 bits per heavy atom. The van der Waals surface area contributed by atoms with Gasteiger partial charge >= 0.3 is 5.97 Å². The van der Waals surface area contributed by atoms with Gasteiger partial charge in [-0.1, -0.05) is 12.1 Å². The van der Waals surface area contributed by atoms with Crippen molar-refractivity contribution in [2.24, 2.45) is 5.92 Å². The molecule has 0 aromatic heterocycles. The van der Waals surface area contributed by atoms with E-state index in [1.807, 2.05) is 24.3 Å². The van der Waals surface area contributed by atoms with Gasteiger partial charge < -0.3 is 14.4 Å². The molecule has 0 radical (unpaired) electrons. The zero-order chi connectivity index (χ0) is 16.7. The monoisotopic (exact) mass is 317 g/mol. The van der Waals surface area contributed by atoms with Gasteiger partial charge in [-0.15, -0.1) is 0 Å². The Bertz CT molecular complexity index is 565. The molecule has 23 heavy (non-hydrogen) atoms. The lowest BCUT2D eigenvalue weighted by atomic mass is 9.98. The maximum absolute atomic E-state index is 12.3. The Kier molecular flexibility index (Phi) is 6.20. The molecule has 1 heterocycles. The zero-order valence-electron chi connectivity index (χ0n) is 13.7. The summed E-state index contributed by atoms with van der Waals surface area (Å²) < 4.78 is 10.2. The number of amides is 1. The van der Waals surface area contributed by atoms with E-state index < -0.39 is 0 Å². The Labute approximate surface area is 136 Å². The van der Waals surface area contributed by atoms with Crippen LogP contribution in [0, 0.1) is 5.92 Å². The first kappa shape index (κ1) is 17.1. The van der Waals surface area contributed by atoms with Gasteiger partial charge in [-0.05, 0) is 43.5 Å². The molecule has 1 aliphatic rings. The normalized spacial score (nSPS) is 18.0. The van der Waals surface area contributed by atoms with E-state index in [0.717, 1.165) is 24.2 Å². The second kappa shape index (κ2) is 8.36. The van der Waals surface area contributed by atoms with E-state index in [0.29, 0.717) is 19.7 Å². The lowest BCUT2D eigenvalue weighted by Crippen LogP contribution is -2.42. The molecule has 2 rings (SSSR count). The van der Waals surface area contributed by atoms with Crippen LogP contribution in [-0.2, 0) is 14.3 Å². The summed E-state index contributed by atoms with van der Waals surface area (Å²) in [5.74, 6) is 0.294. The molecule has 1 atom stereocenters. The quantitative estimate of drug-likeness (QED) is 0.618. The number of methoxy groups -OCH3 is 1. The van der Waals surface area contributed by atoms with Crippen LogP contribution in [0.3, 0.4) is 0 Å². The fourth-order valence-corrected chi connectivity index (χ4v) is 2.62. The van der Waals surface area contributed by atoms with Crippen molar-refractivity contribution in [1.82, 2.24) is 4.90 Å². The van der Waals surface area contributed by atoms with E-state index in [2.05, 4.69) is 0 Å². The van der Waals surface area contributed by atoms with Crippen LogP contribution in [0.4, 0.5) is 0 Å². The van der Waals surface area contributed by atoms with Crippen LogP contribution < -0.4 is 4.74 Å². The topological polar surface area (TPSA) is 55.8 Å². The van der Waals surface area contributed by atoms with Gasteiger partial charge in [-0.25, -0.2) is 0 Å². The first-order valence-electron chi connectivity index (χ1n) is 7.91. The van der Waals surface area contributed by atoms with Crippen LogP contribution in [0.5, 0.6) is 5.75 Å². The van der Waals surface area contributed by atoms with Crippen molar-refractivity contribution in [1.29, 1.82) is 0 Å². The standard InChI is InChI=1S/C18H23NO4/c1-3-23-18(21)15-5-4-12-19(13-15)17(20)11-8-14-6-9-16(22-2)10-7-14/h6-11,15H,3-5,12-13H2,1-2H3/b11-8+. The van der Waals surface area contributed by atoms with Crippen molar-refractivity contribution in [3.63, 3.8) is 0 Å². The van der Waals surface area contributed by atoms with Crippen LogP contribution in [0.25, 0.3) is 6.08 Å². The highest BCUT2D eigenvalue weighted by atomic mass is 16.5. The van der Waals surface area contributed by atoms with Crippen molar-refractivity contribution in [2.75, 3.05) is 26.8 Å². The summed E-state index contributed by atoms with van der Waals surface area (Å²) in [5, 5.41) is 0. The minimum Gasteiger partial charge on any atom is -0.497 e. The molecule has 5 heteroatoms. The molecule has 1 aliphatic heterocycles. The van der Waals surface area contributed by atoms with Crippen LogP contribution in [0.1, 0.15) is 25.3 Å². The van der Waals surface area contributed by atoms with E-state index in [4.69, 9.17) is 9.47 Å². The fraction of sp³-hybridized carbons (Fsp3) is 0.444. The van der Waals surface area contributed by atoms with Crippen molar-refractivity contribution < 1.29 is 19.1 Å². The Hall–Kier alpha value is -2.30. The van der Waals surface area contributed by atoms with E-state index in [9.17, 15) is 9.59 Å². The van der Waals surface area contributed by atoms with E-state index in [-0.39, 0.29) is 17.8 Å². The molecular formula is C18H23NO4. The number of piperidine rings is 1. The summed E-state index contributed by atoms with van der Waals surface area (Å²) in [5.41, 5.74) is 0.929. The predicted octanol–water partition coefficient (Wildman–Crippen LogP) is 2.51. The Morgan fingerprint density at radius 2 is 2.04 bits per heavy atom. The number of esters is 1. The number of likely N-dealkylation sites (tertiary alicyclic amines) is 1. The molecule has 1 aromatic carbocycles. The van der Waals surface area contributed by atoms with Gasteiger partial charge in [0.05, 0.1) is 19.6 Å². The van der Waals surface area contributed by atoms with Crippen LogP contribution in [-0.4, -0.2) is 43.6 Å². The lowest BCUT2D eigenvalue weighted by molar-refractivity contribution is -0.150. The summed E-state index contributed by atoms with van der Waals surface area (Å²) in [6, 6.07) is 7.48. The highest BCUT2D eigenvalue weighted by Gasteiger charge is 2.28. The number of benzene rings is 1. The molecular weight excluding hydrogens is 294 g/mol. The van der Waals surface area contributed by atoms with Crippen molar-refractivity contribution in [3.05, 3.63) is 35.9 Å². The van der Waals surface area contributed by atoms with Crippen LogP contribution in [0.15, 0.2) is 30.3 Å². The fourth-order valence-electron chi connectivity index (χ4n) is 2.62. The van der Waals surface area contributed by atoms with Gasteiger partial charge in [-0.3, -0.25) is 9.59 Å². The number of ether oxygens (including phenoxy) is 2. The zero-order valence-corrected chi connectivity index (χ0v) is 13.7. The SMILES string of the molecule is CCOC(=O)C1CCCN(C(=O)/C=C/c2ccc(OC)cc2)C1. The molecule has 5 nitrogen and oxygen atoms in total. The van der Waals surface area contributed by atoms with Crippen LogP contribution in [0.2, 0.25) is 0 Å². The maximum atomic E-state index is 12.3. The van der Waals surface area contributed by atoms with Gasteiger partial charge in [0.25, 0.3) is 0 Å². The van der Waals surface area contributed by atoms with Gasteiger partial charge in [0.15, 0.2) is 0 Å². The summed E-state index contributed by atoms with van der Waals surface area (Å²) in [7, 11) is 1.62. The average molecular weight is 317 g/mol. The molecule has 1 amide bonds. The van der Waals surface area contributed by atoms with Crippen molar-refractivity contribution in [2.45, 2.75) is 19.8 Å². The van der Waals surface area contributed by atoms with E-state index in [1.165, 1.54) is 0 Å². The van der Waals surface area contributed by atoms with Crippen molar-refractivity contribution >= 4 is 18.0 Å². The maximum Gasteiger partial charge on any atom is 0.310 e. The molecule has 0 bridgehead atoms. The van der Waals surface area contributed by atoms with Gasteiger partial charge in [0.1, 0.15) is 5.75 Å². The van der Waals surface area contributed by atoms with Gasteiger partial charge in [0.2, 0.25) is 5.91 Å². The third kappa shape index (κ3) is 4.84. The second-order valence-corrected chi connectivity index (χ2v) is 5.48. The molecule has 1 unspecified atom stereocenters. The van der Waals surface area contributed by atoms with E-state index >= 15 is 0 Å². The number of carbonyl (C=O) groups excluding carboxylic acids is 2. The number of carbonyl (C=O) groups is 2. The first-order chi connectivity index (χ1) is 11.1. The minimum absolute atomic E-state index is 0.0742. The summed E-state index contributed by atoms with van der Waals surface area (Å²) in [6.07, 6.45) is 4.93. The summed E-state index contributed by atoms with van der Waals surface area (Å²) >= 11 is 0. The number of nitrogens with zero attached hydrogens (tertiary/aromatic N) is 1. The third-order valence-electron chi connectivity index (χ3n) is 3.89. The van der Waals surface area contributed by atoms with Crippen LogP contribution >= 0.6 is 0 Å². The highest BCUT2D eigenvalue weighted by molar-refractivity contribution is 5.92. The number of hydrogen-bond acceptors (Lipinski definition) is 4. The summed E-state index contributed by atoms with van der Waals surface area (Å²) in [6.45, 7) is 3.29. The van der Waals surface area contributed by atoms with Crippen molar-refractivity contribution in [3.8, 4) is 5.75 Å². The smallest absolute Gasteiger partial charge is 0.310 e. The molecule has 1 aromatic rings. The molecule has 124 valence electrons. The second-order valence-electron chi connectivity index (χ2n) is 5.48. The number of hydrogen-bond donors (Lipinski definition) is 0. The lowest BCUT2D eigenvalue weighted by Gasteiger charge is -2.30. The molecule has 1 fully saturated rings. The molecule has 0 saturated carbocycles. The number of rotatable bonds is 5. The Morgan fingerprint density at radius 3 is 2.70 bits per heavy atom. The molecule has 0 spiro atoms. The molecule has 0 N–H and O–H groups in total. The average Bonchev–Trinajstić information content (AvgIpc) is 2.60. The Balaban J connectivity index is 1.93. The van der Waals surface area contributed by atoms with Gasteiger partial charge in [0, 0.05) is 19.2 Å². The largest absolute Gasteiger partial charge is 0.497 e. The van der Waals surface area contributed by atoms with Gasteiger partial charge in [-0.2, -0.15) is 0 Å². The molecule has 1 saturated heterocycles. The summed E-state index contributed by atoms with van der Waals surface area (Å²) in [4.78, 5) is 25.8. The predicted molar refractivity (Wildman–Crippen MR) is 88.0 cm³/mol. The highest BCUT2D eigenvalue weighted by Crippen LogP contribution is 2.19. The third-order valence-corrected chi connectivity index (χ3v) is 3.89. The molecule has 0 aliphatic carbocycles. The minimum atomic E-state index is -0.206. The first-order valence-corrected chi connectivity index (χ1v) is 7.91. The van der Waals surface area contributed by atoms with E-state index in [1.54, 1.807) is 31.1 Å².